The van der Waals surface area contributed by atoms with Crippen LogP contribution in [-0.2, 0) is 9.53 Å². The topological polar surface area (TPSA) is 49.9 Å². The Kier molecular flexibility index (Phi) is 5.12. The van der Waals surface area contributed by atoms with Crippen LogP contribution in [0.25, 0.3) is 0 Å². The Labute approximate surface area is 127 Å². The van der Waals surface area contributed by atoms with Gasteiger partial charge in [0.15, 0.2) is 0 Å². The van der Waals surface area contributed by atoms with E-state index in [-0.39, 0.29) is 12.0 Å². The first-order valence-corrected chi connectivity index (χ1v) is 8.13. The lowest BCUT2D eigenvalue weighted by molar-refractivity contribution is -0.135. The number of ether oxygens (including phenoxy) is 1. The largest absolute Gasteiger partial charge is 0.444 e. The van der Waals surface area contributed by atoms with Crippen molar-refractivity contribution >= 4 is 12.0 Å². The van der Waals surface area contributed by atoms with Crippen LogP contribution >= 0.6 is 0 Å². The van der Waals surface area contributed by atoms with Gasteiger partial charge in [-0.3, -0.25) is 4.79 Å². The van der Waals surface area contributed by atoms with Gasteiger partial charge >= 0.3 is 6.09 Å². The predicted molar refractivity (Wildman–Crippen MR) is 81.0 cm³/mol. The molecule has 1 saturated carbocycles. The van der Waals surface area contributed by atoms with Crippen molar-refractivity contribution in [1.82, 2.24) is 9.80 Å². The Balaban J connectivity index is 1.86. The number of hydrogen-bond acceptors (Lipinski definition) is 3. The first-order chi connectivity index (χ1) is 9.87. The van der Waals surface area contributed by atoms with Gasteiger partial charge in [-0.05, 0) is 40.0 Å². The number of amides is 2. The molecule has 1 aliphatic heterocycles. The molecule has 0 aromatic heterocycles. The Morgan fingerprint density at radius 1 is 0.905 bits per heavy atom. The van der Waals surface area contributed by atoms with Crippen LogP contribution in [0.5, 0.6) is 0 Å². The molecular weight excluding hydrogens is 268 g/mol. The SMILES string of the molecule is CC(C)(C)OC(=O)N1CCCN(C(=O)C2CCCC2)CC1. The van der Waals surface area contributed by atoms with Crippen LogP contribution in [0, 0.1) is 5.92 Å². The molecule has 0 atom stereocenters. The van der Waals surface area contributed by atoms with Crippen LogP contribution in [0.3, 0.4) is 0 Å². The minimum absolute atomic E-state index is 0.220. The van der Waals surface area contributed by atoms with E-state index in [0.717, 1.165) is 25.8 Å². The van der Waals surface area contributed by atoms with Crippen LogP contribution < -0.4 is 0 Å². The molecular formula is C16H28N2O3. The third kappa shape index (κ3) is 4.61. The summed E-state index contributed by atoms with van der Waals surface area (Å²) in [5.74, 6) is 0.511. The molecule has 1 saturated heterocycles. The van der Waals surface area contributed by atoms with Crippen molar-refractivity contribution in [3.8, 4) is 0 Å². The van der Waals surface area contributed by atoms with Crippen LogP contribution in [0.1, 0.15) is 52.9 Å². The highest BCUT2D eigenvalue weighted by Gasteiger charge is 2.30. The summed E-state index contributed by atoms with van der Waals surface area (Å²) in [6, 6.07) is 0. The summed E-state index contributed by atoms with van der Waals surface area (Å²) in [5.41, 5.74) is -0.470. The van der Waals surface area contributed by atoms with E-state index in [1.54, 1.807) is 4.90 Å². The Bertz CT molecular complexity index is 383. The molecule has 0 spiro atoms. The second-order valence-electron chi connectivity index (χ2n) is 7.13. The lowest BCUT2D eigenvalue weighted by atomic mass is 10.1. The van der Waals surface area contributed by atoms with Crippen molar-refractivity contribution in [3.63, 3.8) is 0 Å². The summed E-state index contributed by atoms with van der Waals surface area (Å²) in [4.78, 5) is 28.2. The maximum atomic E-state index is 12.4. The van der Waals surface area contributed by atoms with Gasteiger partial charge in [-0.25, -0.2) is 4.79 Å². The maximum Gasteiger partial charge on any atom is 0.410 e. The summed E-state index contributed by atoms with van der Waals surface area (Å²) in [6.45, 7) is 8.26. The molecule has 0 radical (unpaired) electrons. The van der Waals surface area contributed by atoms with Crippen molar-refractivity contribution in [2.45, 2.75) is 58.5 Å². The molecule has 0 aromatic rings. The third-order valence-electron chi connectivity index (χ3n) is 4.16. The summed E-state index contributed by atoms with van der Waals surface area (Å²) < 4.78 is 5.41. The normalized spacial score (nSPS) is 21.3. The predicted octanol–water partition coefficient (Wildman–Crippen LogP) is 2.65. The standard InChI is InChI=1S/C16H28N2O3/c1-16(2,3)21-15(20)18-10-6-9-17(11-12-18)14(19)13-7-4-5-8-13/h13H,4-12H2,1-3H3. The first kappa shape index (κ1) is 16.1. The molecule has 2 fully saturated rings. The molecule has 2 aliphatic rings. The molecule has 0 bridgehead atoms. The van der Waals surface area contributed by atoms with Gasteiger partial charge in [0.05, 0.1) is 0 Å². The van der Waals surface area contributed by atoms with Gasteiger partial charge in [0.1, 0.15) is 5.60 Å². The fraction of sp³-hybridized carbons (Fsp3) is 0.875. The van der Waals surface area contributed by atoms with E-state index in [1.165, 1.54) is 12.8 Å². The highest BCUT2D eigenvalue weighted by atomic mass is 16.6. The molecule has 120 valence electrons. The van der Waals surface area contributed by atoms with Crippen molar-refractivity contribution < 1.29 is 14.3 Å². The minimum Gasteiger partial charge on any atom is -0.444 e. The molecule has 0 unspecified atom stereocenters. The van der Waals surface area contributed by atoms with Crippen LogP contribution in [0.2, 0.25) is 0 Å². The minimum atomic E-state index is -0.470. The molecule has 0 N–H and O–H groups in total. The number of carbonyl (C=O) groups excluding carboxylic acids is 2. The molecule has 5 nitrogen and oxygen atoms in total. The first-order valence-electron chi connectivity index (χ1n) is 8.13. The van der Waals surface area contributed by atoms with E-state index in [4.69, 9.17) is 4.74 Å². The number of rotatable bonds is 1. The van der Waals surface area contributed by atoms with Crippen LogP contribution in [0.15, 0.2) is 0 Å². The second kappa shape index (κ2) is 6.67. The zero-order valence-electron chi connectivity index (χ0n) is 13.6. The average Bonchev–Trinajstić information content (AvgIpc) is 2.80. The molecule has 2 amide bonds. The Hall–Kier alpha value is -1.26. The Morgan fingerprint density at radius 3 is 2.10 bits per heavy atom. The van der Waals surface area contributed by atoms with Gasteiger partial charge in [-0.1, -0.05) is 12.8 Å². The van der Waals surface area contributed by atoms with E-state index < -0.39 is 5.60 Å². The third-order valence-corrected chi connectivity index (χ3v) is 4.16. The zero-order chi connectivity index (χ0) is 15.5. The molecule has 2 rings (SSSR count). The highest BCUT2D eigenvalue weighted by molar-refractivity contribution is 5.79. The quantitative estimate of drug-likeness (QED) is 0.747. The molecule has 1 heterocycles. The lowest BCUT2D eigenvalue weighted by Gasteiger charge is -2.27. The number of carbonyl (C=O) groups is 2. The van der Waals surface area contributed by atoms with E-state index in [1.807, 2.05) is 25.7 Å². The molecule has 21 heavy (non-hydrogen) atoms. The highest BCUT2D eigenvalue weighted by Crippen LogP contribution is 2.27. The smallest absolute Gasteiger partial charge is 0.410 e. The Morgan fingerprint density at radius 2 is 1.48 bits per heavy atom. The van der Waals surface area contributed by atoms with E-state index in [9.17, 15) is 9.59 Å². The van der Waals surface area contributed by atoms with Crippen molar-refractivity contribution in [3.05, 3.63) is 0 Å². The van der Waals surface area contributed by atoms with E-state index in [0.29, 0.717) is 25.5 Å². The van der Waals surface area contributed by atoms with Crippen LogP contribution in [-0.4, -0.2) is 53.6 Å². The van der Waals surface area contributed by atoms with Crippen LogP contribution in [0.4, 0.5) is 4.79 Å². The van der Waals surface area contributed by atoms with Crippen molar-refractivity contribution in [1.29, 1.82) is 0 Å². The van der Waals surface area contributed by atoms with E-state index >= 15 is 0 Å². The monoisotopic (exact) mass is 296 g/mol. The maximum absolute atomic E-state index is 12.4. The van der Waals surface area contributed by atoms with Gasteiger partial charge in [0, 0.05) is 32.1 Å². The number of nitrogens with zero attached hydrogens (tertiary/aromatic N) is 2. The van der Waals surface area contributed by atoms with Gasteiger partial charge in [-0.2, -0.15) is 0 Å². The van der Waals surface area contributed by atoms with Crippen molar-refractivity contribution in [2.24, 2.45) is 5.92 Å². The lowest BCUT2D eigenvalue weighted by Crippen LogP contribution is -2.41. The average molecular weight is 296 g/mol. The van der Waals surface area contributed by atoms with Crippen molar-refractivity contribution in [2.75, 3.05) is 26.2 Å². The molecule has 1 aliphatic carbocycles. The van der Waals surface area contributed by atoms with Gasteiger partial charge in [0.25, 0.3) is 0 Å². The summed E-state index contributed by atoms with van der Waals surface area (Å²) >= 11 is 0. The summed E-state index contributed by atoms with van der Waals surface area (Å²) in [5, 5.41) is 0. The van der Waals surface area contributed by atoms with Gasteiger partial charge in [-0.15, -0.1) is 0 Å². The van der Waals surface area contributed by atoms with E-state index in [2.05, 4.69) is 0 Å². The molecule has 0 aromatic carbocycles. The summed E-state index contributed by atoms with van der Waals surface area (Å²) in [6.07, 6.45) is 4.98. The van der Waals surface area contributed by atoms with Gasteiger partial charge in [0.2, 0.25) is 5.91 Å². The second-order valence-corrected chi connectivity index (χ2v) is 7.13. The fourth-order valence-corrected chi connectivity index (χ4v) is 3.08. The number of hydrogen-bond donors (Lipinski definition) is 0. The van der Waals surface area contributed by atoms with Gasteiger partial charge < -0.3 is 14.5 Å². The summed E-state index contributed by atoms with van der Waals surface area (Å²) in [7, 11) is 0. The fourth-order valence-electron chi connectivity index (χ4n) is 3.08. The zero-order valence-corrected chi connectivity index (χ0v) is 13.6. The molecule has 5 heteroatoms.